The molecule has 13 heteroatoms. The number of nitrogens with one attached hydrogen (secondary N) is 2. The van der Waals surface area contributed by atoms with E-state index in [9.17, 15) is 13.7 Å². The van der Waals surface area contributed by atoms with Crippen LogP contribution >= 0.6 is 0 Å². The lowest BCUT2D eigenvalue weighted by molar-refractivity contribution is -0.0308. The van der Waals surface area contributed by atoms with E-state index >= 15 is 0 Å². The van der Waals surface area contributed by atoms with Gasteiger partial charge in [0.05, 0.1) is 22.5 Å². The molecule has 0 amide bonds. The average Bonchev–Trinajstić information content (AvgIpc) is 3.50. The molecule has 0 bridgehead atoms. The lowest BCUT2D eigenvalue weighted by Crippen LogP contribution is -2.19. The van der Waals surface area contributed by atoms with Crippen molar-refractivity contribution in [2.45, 2.75) is 44.2 Å². The fraction of sp³-hybridized carbons (Fsp3) is 0.300. The van der Waals surface area contributed by atoms with Crippen LogP contribution in [-0.2, 0) is 21.6 Å². The van der Waals surface area contributed by atoms with E-state index < -0.39 is 9.84 Å². The molecular formula is C30H31N9O3S. The molecule has 0 saturated carbocycles. The maximum atomic E-state index is 13.1. The van der Waals surface area contributed by atoms with E-state index in [0.29, 0.717) is 40.8 Å². The van der Waals surface area contributed by atoms with Gasteiger partial charge < -0.3 is 15.4 Å². The lowest BCUT2D eigenvalue weighted by Gasteiger charge is -2.25. The zero-order valence-corrected chi connectivity index (χ0v) is 25.1. The number of benzene rings is 1. The van der Waals surface area contributed by atoms with Crippen molar-refractivity contribution in [2.24, 2.45) is 7.05 Å². The van der Waals surface area contributed by atoms with Crippen LogP contribution in [0.5, 0.6) is 0 Å². The number of ether oxygens (including phenoxy) is 1. The van der Waals surface area contributed by atoms with Crippen LogP contribution in [-0.4, -0.2) is 50.6 Å². The molecule has 1 aliphatic rings. The fourth-order valence-corrected chi connectivity index (χ4v) is 6.19. The monoisotopic (exact) mass is 597 g/mol. The van der Waals surface area contributed by atoms with Gasteiger partial charge in [-0.25, -0.2) is 23.4 Å². The third-order valence-corrected chi connectivity index (χ3v) is 8.72. The number of hydrogen-bond donors (Lipinski definition) is 2. The summed E-state index contributed by atoms with van der Waals surface area (Å²) in [7, 11) is -1.79. The second-order valence-corrected chi connectivity index (χ2v) is 12.6. The Labute approximate surface area is 249 Å². The number of nitriles is 1. The molecule has 1 aromatic carbocycles. The van der Waals surface area contributed by atoms with Gasteiger partial charge in [-0.15, -0.1) is 0 Å². The van der Waals surface area contributed by atoms with Crippen molar-refractivity contribution in [3.05, 3.63) is 65.9 Å². The molecule has 1 saturated heterocycles. The van der Waals surface area contributed by atoms with Gasteiger partial charge in [0.2, 0.25) is 0 Å². The Kier molecular flexibility index (Phi) is 7.33. The summed E-state index contributed by atoms with van der Waals surface area (Å²) in [6.45, 7) is 4.49. The third kappa shape index (κ3) is 5.54. The zero-order chi connectivity index (χ0) is 30.3. The number of nitrogens with zero attached hydrogens (tertiary/aromatic N) is 7. The van der Waals surface area contributed by atoms with Crippen molar-refractivity contribution < 1.29 is 13.2 Å². The minimum Gasteiger partial charge on any atom is -0.358 e. The van der Waals surface area contributed by atoms with Gasteiger partial charge in [-0.1, -0.05) is 12.1 Å². The lowest BCUT2D eigenvalue weighted by atomic mass is 10.1. The molecule has 6 rings (SSSR count). The molecule has 43 heavy (non-hydrogen) atoms. The number of anilines is 4. The van der Waals surface area contributed by atoms with E-state index in [2.05, 4.69) is 20.7 Å². The Hall–Kier alpha value is -4.80. The molecule has 12 nitrogen and oxygen atoms in total. The molecule has 1 atom stereocenters. The fourth-order valence-electron chi connectivity index (χ4n) is 5.33. The first kappa shape index (κ1) is 28.3. The first-order valence-corrected chi connectivity index (χ1v) is 15.8. The van der Waals surface area contributed by atoms with Gasteiger partial charge in [0.1, 0.15) is 41.0 Å². The molecule has 5 heterocycles. The molecule has 1 fully saturated rings. The summed E-state index contributed by atoms with van der Waals surface area (Å²) in [6.07, 6.45) is 5.55. The molecule has 2 N–H and O–H groups in total. The average molecular weight is 598 g/mol. The van der Waals surface area contributed by atoms with Gasteiger partial charge in [-0.3, -0.25) is 9.25 Å². The van der Waals surface area contributed by atoms with Crippen LogP contribution in [0, 0.1) is 25.2 Å². The van der Waals surface area contributed by atoms with Crippen molar-refractivity contribution in [1.29, 1.82) is 5.26 Å². The van der Waals surface area contributed by atoms with Crippen molar-refractivity contribution in [2.75, 3.05) is 23.5 Å². The number of rotatable bonds is 7. The third-order valence-electron chi connectivity index (χ3n) is 7.58. The number of aryl methyl sites for hydroxylation is 2. The number of sulfone groups is 1. The number of imidazole rings is 1. The van der Waals surface area contributed by atoms with Crippen LogP contribution in [0.25, 0.3) is 22.3 Å². The van der Waals surface area contributed by atoms with E-state index in [4.69, 9.17) is 14.7 Å². The smallest absolute Gasteiger partial charge is 0.177 e. The summed E-state index contributed by atoms with van der Waals surface area (Å²) in [5, 5.41) is 20.2. The van der Waals surface area contributed by atoms with Crippen molar-refractivity contribution in [3.63, 3.8) is 0 Å². The quantitative estimate of drug-likeness (QED) is 0.253. The predicted octanol–water partition coefficient (Wildman–Crippen LogP) is 5.31. The molecule has 5 aromatic rings. The maximum Gasteiger partial charge on any atom is 0.177 e. The summed E-state index contributed by atoms with van der Waals surface area (Å²) >= 11 is 0. The van der Waals surface area contributed by atoms with Crippen LogP contribution in [0.4, 0.5) is 23.0 Å². The maximum absolute atomic E-state index is 13.1. The Bertz CT molecular complexity index is 2000. The predicted molar refractivity (Wildman–Crippen MR) is 163 cm³/mol. The summed E-state index contributed by atoms with van der Waals surface area (Å²) in [6, 6.07) is 14.2. The summed E-state index contributed by atoms with van der Waals surface area (Å²) in [4.78, 5) is 14.2. The highest BCUT2D eigenvalue weighted by Gasteiger charge is 2.25. The van der Waals surface area contributed by atoms with Crippen LogP contribution < -0.4 is 10.6 Å². The highest BCUT2D eigenvalue weighted by molar-refractivity contribution is 7.90. The van der Waals surface area contributed by atoms with E-state index in [-0.39, 0.29) is 16.8 Å². The van der Waals surface area contributed by atoms with E-state index in [0.717, 1.165) is 41.9 Å². The molecule has 4 aromatic heterocycles. The van der Waals surface area contributed by atoms with Gasteiger partial charge in [-0.05, 0) is 62.9 Å². The van der Waals surface area contributed by atoms with Gasteiger partial charge in [-0.2, -0.15) is 10.4 Å². The van der Waals surface area contributed by atoms with Crippen LogP contribution in [0.1, 0.15) is 42.7 Å². The molecule has 1 aliphatic heterocycles. The van der Waals surface area contributed by atoms with Gasteiger partial charge in [0, 0.05) is 37.2 Å². The topological polar surface area (TPSA) is 153 Å². The SMILES string of the molecule is Cc1c(-c2ccc(Nc3cc(Nc4cccc(C#N)n4)nc4c3nc(C)n4C3CCCCO3)c(S(C)(=O)=O)c2)cnn1C. The normalized spacial score (nSPS) is 15.4. The number of hydrogen-bond acceptors (Lipinski definition) is 10. The summed E-state index contributed by atoms with van der Waals surface area (Å²) in [5.74, 6) is 1.62. The number of fused-ring (bicyclic) bond motifs is 1. The molecule has 0 radical (unpaired) electrons. The summed E-state index contributed by atoms with van der Waals surface area (Å²) < 4.78 is 35.9. The first-order valence-electron chi connectivity index (χ1n) is 13.9. The van der Waals surface area contributed by atoms with Crippen LogP contribution in [0.2, 0.25) is 0 Å². The minimum absolute atomic E-state index is 0.142. The number of aromatic nitrogens is 6. The zero-order valence-electron chi connectivity index (χ0n) is 24.3. The molecule has 220 valence electrons. The standard InChI is InChI=1S/C30H31N9O3S/c1-18-22(17-32-38(18)3)20-11-12-23(25(14-20)43(4,40)41)35-24-15-27(36-26-9-7-8-21(16-31)34-26)37-30-29(24)33-19(2)39(30)28-10-5-6-13-42-28/h7-9,11-12,14-15,17,28H,5-6,10,13H2,1-4H3,(H2,34,35,36,37). The van der Waals surface area contributed by atoms with Crippen molar-refractivity contribution in [3.8, 4) is 17.2 Å². The number of pyridine rings is 2. The largest absolute Gasteiger partial charge is 0.358 e. The van der Waals surface area contributed by atoms with Crippen molar-refractivity contribution in [1.82, 2.24) is 29.3 Å². The highest BCUT2D eigenvalue weighted by Crippen LogP contribution is 2.36. The van der Waals surface area contributed by atoms with E-state index in [1.807, 2.05) is 37.6 Å². The first-order chi connectivity index (χ1) is 20.6. The molecule has 1 unspecified atom stereocenters. The highest BCUT2D eigenvalue weighted by atomic mass is 32.2. The van der Waals surface area contributed by atoms with Gasteiger partial charge >= 0.3 is 0 Å². The van der Waals surface area contributed by atoms with E-state index in [1.54, 1.807) is 47.3 Å². The van der Waals surface area contributed by atoms with E-state index in [1.165, 1.54) is 6.26 Å². The van der Waals surface area contributed by atoms with Crippen LogP contribution in [0.15, 0.2) is 53.6 Å². The van der Waals surface area contributed by atoms with Crippen LogP contribution in [0.3, 0.4) is 0 Å². The Balaban J connectivity index is 1.49. The second kappa shape index (κ2) is 11.1. The van der Waals surface area contributed by atoms with Crippen molar-refractivity contribution >= 4 is 44.0 Å². The Morgan fingerprint density at radius 2 is 1.86 bits per heavy atom. The molecular weight excluding hydrogens is 566 g/mol. The second-order valence-electron chi connectivity index (χ2n) is 10.6. The van der Waals surface area contributed by atoms with Gasteiger partial charge in [0.15, 0.2) is 15.5 Å². The minimum atomic E-state index is -3.64. The Morgan fingerprint density at radius 3 is 2.56 bits per heavy atom. The molecule has 0 aliphatic carbocycles. The summed E-state index contributed by atoms with van der Waals surface area (Å²) in [5.41, 5.74) is 4.89. The van der Waals surface area contributed by atoms with Gasteiger partial charge in [0.25, 0.3) is 0 Å². The Morgan fingerprint density at radius 1 is 1.02 bits per heavy atom. The molecule has 0 spiro atoms.